The molecule has 0 saturated heterocycles. The van der Waals surface area contributed by atoms with Crippen LogP contribution < -0.4 is 5.32 Å². The first-order chi connectivity index (χ1) is 9.56. The Hall–Kier alpha value is -1.55. The van der Waals surface area contributed by atoms with Gasteiger partial charge in [0.25, 0.3) is 0 Å². The zero-order chi connectivity index (χ0) is 14.5. The summed E-state index contributed by atoms with van der Waals surface area (Å²) in [6.07, 6.45) is 2.48. The quantitative estimate of drug-likeness (QED) is 0.897. The Bertz CT molecular complexity index is 496. The van der Waals surface area contributed by atoms with Gasteiger partial charge < -0.3 is 10.4 Å². The first-order valence-corrected chi connectivity index (χ1v) is 7.19. The Morgan fingerprint density at radius 2 is 1.85 bits per heavy atom. The largest absolute Gasteiger partial charge is 0.481 e. The number of amides is 1. The van der Waals surface area contributed by atoms with Gasteiger partial charge in [-0.3, -0.25) is 9.59 Å². The molecule has 0 radical (unpaired) electrons. The highest BCUT2D eigenvalue weighted by molar-refractivity contribution is 6.30. The van der Waals surface area contributed by atoms with Gasteiger partial charge in [0.15, 0.2) is 0 Å². The molecule has 0 bridgehead atoms. The van der Waals surface area contributed by atoms with Crippen LogP contribution in [0.2, 0.25) is 5.02 Å². The molecule has 2 rings (SSSR count). The molecule has 0 spiro atoms. The number of hydrogen-bond donors (Lipinski definition) is 2. The first kappa shape index (κ1) is 14.9. The highest BCUT2D eigenvalue weighted by Crippen LogP contribution is 2.29. The molecule has 2 N–H and O–H groups in total. The van der Waals surface area contributed by atoms with Crippen LogP contribution in [0.4, 0.5) is 0 Å². The predicted molar refractivity (Wildman–Crippen MR) is 76.4 cm³/mol. The molecule has 4 nitrogen and oxygen atoms in total. The molecule has 1 saturated carbocycles. The van der Waals surface area contributed by atoms with Gasteiger partial charge in [-0.15, -0.1) is 0 Å². The van der Waals surface area contributed by atoms with E-state index in [0.29, 0.717) is 37.3 Å². The number of nitrogens with one attached hydrogen (secondary N) is 1. The number of benzene rings is 1. The summed E-state index contributed by atoms with van der Waals surface area (Å²) in [6.45, 7) is 0.457. The van der Waals surface area contributed by atoms with E-state index in [-0.39, 0.29) is 17.7 Å². The van der Waals surface area contributed by atoms with E-state index < -0.39 is 5.97 Å². The summed E-state index contributed by atoms with van der Waals surface area (Å²) in [5, 5.41) is 12.5. The minimum Gasteiger partial charge on any atom is -0.481 e. The van der Waals surface area contributed by atoms with Crippen molar-refractivity contribution in [3.63, 3.8) is 0 Å². The average Bonchev–Trinajstić information content (AvgIpc) is 2.45. The lowest BCUT2D eigenvalue weighted by atomic mass is 9.81. The second kappa shape index (κ2) is 6.75. The zero-order valence-electron chi connectivity index (χ0n) is 11.1. The fourth-order valence-corrected chi connectivity index (χ4v) is 2.80. The van der Waals surface area contributed by atoms with E-state index in [9.17, 15) is 9.59 Å². The minimum absolute atomic E-state index is 0.00816. The van der Waals surface area contributed by atoms with Gasteiger partial charge in [-0.2, -0.15) is 0 Å². The van der Waals surface area contributed by atoms with Crippen LogP contribution in [0, 0.1) is 11.8 Å². The van der Waals surface area contributed by atoms with E-state index in [2.05, 4.69) is 5.32 Å². The number of halogens is 1. The molecule has 1 aliphatic carbocycles. The molecule has 20 heavy (non-hydrogen) atoms. The fourth-order valence-electron chi connectivity index (χ4n) is 2.58. The van der Waals surface area contributed by atoms with Crippen molar-refractivity contribution in [2.75, 3.05) is 0 Å². The van der Waals surface area contributed by atoms with Crippen molar-refractivity contribution in [1.29, 1.82) is 0 Å². The molecule has 1 fully saturated rings. The van der Waals surface area contributed by atoms with Crippen molar-refractivity contribution in [3.8, 4) is 0 Å². The van der Waals surface area contributed by atoms with Gasteiger partial charge in [0.2, 0.25) is 5.91 Å². The first-order valence-electron chi connectivity index (χ1n) is 6.81. The summed E-state index contributed by atoms with van der Waals surface area (Å²) < 4.78 is 0. The number of carbonyl (C=O) groups excluding carboxylic acids is 1. The van der Waals surface area contributed by atoms with E-state index >= 15 is 0 Å². The Morgan fingerprint density at radius 3 is 2.45 bits per heavy atom. The van der Waals surface area contributed by atoms with Crippen LogP contribution in [-0.2, 0) is 16.1 Å². The molecule has 0 heterocycles. The number of aliphatic carboxylic acids is 1. The van der Waals surface area contributed by atoms with Crippen molar-refractivity contribution in [2.45, 2.75) is 32.2 Å². The number of carboxylic acid groups (broad SMARTS) is 1. The lowest BCUT2D eigenvalue weighted by Crippen LogP contribution is -2.34. The lowest BCUT2D eigenvalue weighted by molar-refractivity contribution is -0.144. The summed E-state index contributed by atoms with van der Waals surface area (Å²) in [5.41, 5.74) is 0.963. The maximum atomic E-state index is 12.0. The minimum atomic E-state index is -0.747. The number of rotatable bonds is 4. The van der Waals surface area contributed by atoms with E-state index in [4.69, 9.17) is 16.7 Å². The highest BCUT2D eigenvalue weighted by atomic mass is 35.5. The van der Waals surface area contributed by atoms with Gasteiger partial charge in [-0.25, -0.2) is 0 Å². The molecular weight excluding hydrogens is 278 g/mol. The molecule has 0 aromatic heterocycles. The van der Waals surface area contributed by atoms with Gasteiger partial charge in [0, 0.05) is 17.5 Å². The molecule has 0 unspecified atom stereocenters. The van der Waals surface area contributed by atoms with Crippen LogP contribution in [0.5, 0.6) is 0 Å². The molecule has 108 valence electrons. The topological polar surface area (TPSA) is 66.4 Å². The Kier molecular flexibility index (Phi) is 5.01. The molecule has 1 aliphatic rings. The summed E-state index contributed by atoms with van der Waals surface area (Å²) in [7, 11) is 0. The molecule has 1 aromatic rings. The standard InChI is InChI=1S/C15H18ClNO3/c16-13-3-1-2-10(8-13)9-17-14(18)11-4-6-12(7-5-11)15(19)20/h1-3,8,11-12H,4-7,9H2,(H,17,18)(H,19,20). The Morgan fingerprint density at radius 1 is 1.20 bits per heavy atom. The van der Waals surface area contributed by atoms with E-state index in [1.165, 1.54) is 0 Å². The average molecular weight is 296 g/mol. The second-order valence-electron chi connectivity index (χ2n) is 5.23. The third kappa shape index (κ3) is 3.97. The predicted octanol–water partition coefficient (Wildman–Crippen LogP) is 2.85. The molecular formula is C15H18ClNO3. The molecule has 1 amide bonds. The maximum absolute atomic E-state index is 12.0. The summed E-state index contributed by atoms with van der Waals surface area (Å²) in [4.78, 5) is 22.9. The fraction of sp³-hybridized carbons (Fsp3) is 0.467. The van der Waals surface area contributed by atoms with Crippen LogP contribution in [0.25, 0.3) is 0 Å². The van der Waals surface area contributed by atoms with Gasteiger partial charge in [0.1, 0.15) is 0 Å². The van der Waals surface area contributed by atoms with Crippen molar-refractivity contribution >= 4 is 23.5 Å². The van der Waals surface area contributed by atoms with Crippen molar-refractivity contribution < 1.29 is 14.7 Å². The third-order valence-corrected chi connectivity index (χ3v) is 4.04. The summed E-state index contributed by atoms with van der Waals surface area (Å²) in [6, 6.07) is 7.37. The van der Waals surface area contributed by atoms with E-state index in [1.807, 2.05) is 18.2 Å². The van der Waals surface area contributed by atoms with E-state index in [1.54, 1.807) is 6.07 Å². The van der Waals surface area contributed by atoms with Gasteiger partial charge >= 0.3 is 5.97 Å². The van der Waals surface area contributed by atoms with Gasteiger partial charge in [-0.1, -0.05) is 23.7 Å². The maximum Gasteiger partial charge on any atom is 0.306 e. The van der Waals surface area contributed by atoms with Gasteiger partial charge in [0.05, 0.1) is 5.92 Å². The van der Waals surface area contributed by atoms with Crippen LogP contribution in [0.1, 0.15) is 31.2 Å². The van der Waals surface area contributed by atoms with Crippen LogP contribution in [-0.4, -0.2) is 17.0 Å². The molecule has 1 aromatic carbocycles. The van der Waals surface area contributed by atoms with Crippen LogP contribution >= 0.6 is 11.6 Å². The number of carboxylic acids is 1. The van der Waals surface area contributed by atoms with Crippen molar-refractivity contribution in [1.82, 2.24) is 5.32 Å². The summed E-state index contributed by atoms with van der Waals surface area (Å²) >= 11 is 5.89. The number of carbonyl (C=O) groups is 2. The smallest absolute Gasteiger partial charge is 0.306 e. The Balaban J connectivity index is 1.80. The van der Waals surface area contributed by atoms with E-state index in [0.717, 1.165) is 5.56 Å². The highest BCUT2D eigenvalue weighted by Gasteiger charge is 2.29. The van der Waals surface area contributed by atoms with Crippen molar-refractivity contribution in [3.05, 3.63) is 34.9 Å². The van der Waals surface area contributed by atoms with Crippen molar-refractivity contribution in [2.24, 2.45) is 11.8 Å². The number of hydrogen-bond acceptors (Lipinski definition) is 2. The normalized spacial score (nSPS) is 22.2. The monoisotopic (exact) mass is 295 g/mol. The second-order valence-corrected chi connectivity index (χ2v) is 5.67. The molecule has 0 aliphatic heterocycles. The SMILES string of the molecule is O=C(O)C1CCC(C(=O)NCc2cccc(Cl)c2)CC1. The lowest BCUT2D eigenvalue weighted by Gasteiger charge is -2.25. The molecule has 5 heteroatoms. The Labute approximate surface area is 123 Å². The van der Waals surface area contributed by atoms with Crippen LogP contribution in [0.15, 0.2) is 24.3 Å². The van der Waals surface area contributed by atoms with Gasteiger partial charge in [-0.05, 0) is 43.4 Å². The van der Waals surface area contributed by atoms with Crippen LogP contribution in [0.3, 0.4) is 0 Å². The third-order valence-electron chi connectivity index (χ3n) is 3.80. The summed E-state index contributed by atoms with van der Waals surface area (Å²) in [5.74, 6) is -1.09. The zero-order valence-corrected chi connectivity index (χ0v) is 11.9. The molecule has 0 atom stereocenters.